The molecule has 0 aliphatic rings. The molecule has 1 aromatic carbocycles. The molecule has 0 radical (unpaired) electrons. The number of aryl methyl sites for hydroxylation is 2. The number of unbranched alkanes of at least 4 members (excludes halogenated alkanes) is 1. The molecule has 0 bridgehead atoms. The fourth-order valence-corrected chi connectivity index (χ4v) is 4.36. The quantitative estimate of drug-likeness (QED) is 0.486. The van der Waals surface area contributed by atoms with Crippen LogP contribution in [0.5, 0.6) is 0 Å². The number of hydrogen-bond donors (Lipinski definition) is 2. The minimum absolute atomic E-state index is 0.416. The van der Waals surface area contributed by atoms with Crippen LogP contribution in [0.25, 0.3) is 10.9 Å². The lowest BCUT2D eigenvalue weighted by Crippen LogP contribution is -2.31. The second kappa shape index (κ2) is 9.74. The van der Waals surface area contributed by atoms with Gasteiger partial charge in [0.15, 0.2) is 5.13 Å². The number of rotatable bonds is 10. The zero-order chi connectivity index (χ0) is 21.7. The maximum absolute atomic E-state index is 11.4. The van der Waals surface area contributed by atoms with Gasteiger partial charge in [0.2, 0.25) is 0 Å². The Bertz CT molecular complexity index is 1060. The van der Waals surface area contributed by atoms with Crippen LogP contribution in [-0.4, -0.2) is 54.5 Å². The molecule has 3 aromatic rings. The Hall–Kier alpha value is -2.89. The van der Waals surface area contributed by atoms with Gasteiger partial charge in [0.05, 0.1) is 17.3 Å². The van der Waals surface area contributed by atoms with Crippen LogP contribution in [0.3, 0.4) is 0 Å². The first-order chi connectivity index (χ1) is 14.4. The van der Waals surface area contributed by atoms with Crippen molar-refractivity contribution in [2.24, 2.45) is 5.73 Å². The van der Waals surface area contributed by atoms with Crippen LogP contribution < -0.4 is 10.6 Å². The van der Waals surface area contributed by atoms with Gasteiger partial charge in [-0.1, -0.05) is 11.3 Å². The van der Waals surface area contributed by atoms with Gasteiger partial charge in [-0.3, -0.25) is 4.79 Å². The molecule has 0 fully saturated rings. The Labute approximate surface area is 181 Å². The van der Waals surface area contributed by atoms with Crippen LogP contribution in [0.1, 0.15) is 39.3 Å². The molecule has 30 heavy (non-hydrogen) atoms. The number of primary amides is 1. The lowest BCUT2D eigenvalue weighted by atomic mass is 10.1. The Morgan fingerprint density at radius 2 is 2.07 bits per heavy atom. The summed E-state index contributed by atoms with van der Waals surface area (Å²) in [6.45, 7) is 4.58. The Morgan fingerprint density at radius 3 is 2.77 bits per heavy atom. The number of nitrogens with two attached hydrogens (primary N) is 1. The summed E-state index contributed by atoms with van der Waals surface area (Å²) in [5.41, 5.74) is 9.14. The maximum atomic E-state index is 11.4. The molecule has 0 aliphatic heterocycles. The van der Waals surface area contributed by atoms with Crippen molar-refractivity contribution >= 4 is 33.3 Å². The number of nitrogens with one attached hydrogen (secondary N) is 1. The fourth-order valence-electron chi connectivity index (χ4n) is 3.45. The minimum Gasteiger partial charge on any atom is -0.365 e. The van der Waals surface area contributed by atoms with Gasteiger partial charge >= 0.3 is 0 Å². The monoisotopic (exact) mass is 424 g/mol. The van der Waals surface area contributed by atoms with Crippen molar-refractivity contribution in [2.45, 2.75) is 26.2 Å². The molecule has 7 nitrogen and oxygen atoms in total. The highest BCUT2D eigenvalue weighted by Gasteiger charge is 2.15. The highest BCUT2D eigenvalue weighted by Crippen LogP contribution is 2.25. The third-order valence-corrected chi connectivity index (χ3v) is 6.57. The number of H-pyrrole nitrogens is 1. The average molecular weight is 425 g/mol. The highest BCUT2D eigenvalue weighted by atomic mass is 32.1. The summed E-state index contributed by atoms with van der Waals surface area (Å²) in [6.07, 6.45) is 5.25. The van der Waals surface area contributed by atoms with Crippen LogP contribution in [0.15, 0.2) is 24.4 Å². The molecule has 0 spiro atoms. The Kier molecular flexibility index (Phi) is 7.08. The molecule has 0 atom stereocenters. The SMILES string of the molecule is Cc1nc(N(C)CCN(C)CCCCc2c[nH]c3ccc(C#N)cc23)sc1C(N)=O. The van der Waals surface area contributed by atoms with E-state index in [1.165, 1.54) is 16.9 Å². The van der Waals surface area contributed by atoms with E-state index in [0.717, 1.165) is 54.9 Å². The summed E-state index contributed by atoms with van der Waals surface area (Å²) < 4.78 is 0. The smallest absolute Gasteiger partial charge is 0.260 e. The number of benzene rings is 1. The average Bonchev–Trinajstić information content (AvgIpc) is 3.32. The van der Waals surface area contributed by atoms with E-state index in [2.05, 4.69) is 39.1 Å². The summed E-state index contributed by atoms with van der Waals surface area (Å²) in [4.78, 5) is 24.1. The van der Waals surface area contributed by atoms with Gasteiger partial charge in [-0.15, -0.1) is 0 Å². The van der Waals surface area contributed by atoms with Crippen molar-refractivity contribution < 1.29 is 4.79 Å². The predicted molar refractivity (Wildman–Crippen MR) is 122 cm³/mol. The number of nitriles is 1. The number of aromatic nitrogens is 2. The predicted octanol–water partition coefficient (Wildman–Crippen LogP) is 3.29. The zero-order valence-corrected chi connectivity index (χ0v) is 18.6. The largest absolute Gasteiger partial charge is 0.365 e. The number of aromatic amines is 1. The first-order valence-corrected chi connectivity index (χ1v) is 10.9. The van der Waals surface area contributed by atoms with Crippen molar-refractivity contribution in [2.75, 3.05) is 38.6 Å². The Balaban J connectivity index is 1.42. The molecule has 3 rings (SSSR count). The van der Waals surface area contributed by atoms with E-state index < -0.39 is 5.91 Å². The van der Waals surface area contributed by atoms with Crippen LogP contribution in [0, 0.1) is 18.3 Å². The molecule has 1 amide bonds. The van der Waals surface area contributed by atoms with E-state index >= 15 is 0 Å². The fraction of sp³-hybridized carbons (Fsp3) is 0.409. The molecule has 2 heterocycles. The molecule has 2 aromatic heterocycles. The van der Waals surface area contributed by atoms with Gasteiger partial charge in [0.25, 0.3) is 5.91 Å². The molecule has 3 N–H and O–H groups in total. The molecule has 0 saturated carbocycles. The van der Waals surface area contributed by atoms with E-state index in [1.54, 1.807) is 0 Å². The molecule has 158 valence electrons. The third-order valence-electron chi connectivity index (χ3n) is 5.29. The maximum Gasteiger partial charge on any atom is 0.260 e. The summed E-state index contributed by atoms with van der Waals surface area (Å²) >= 11 is 1.35. The number of amides is 1. The summed E-state index contributed by atoms with van der Waals surface area (Å²) in [5, 5.41) is 11.1. The van der Waals surface area contributed by atoms with Gasteiger partial charge in [-0.25, -0.2) is 4.98 Å². The van der Waals surface area contributed by atoms with Crippen LogP contribution in [0.2, 0.25) is 0 Å². The first kappa shape index (κ1) is 21.8. The van der Waals surface area contributed by atoms with Crippen molar-refractivity contribution in [1.29, 1.82) is 5.26 Å². The summed E-state index contributed by atoms with van der Waals surface area (Å²) in [7, 11) is 4.12. The van der Waals surface area contributed by atoms with E-state index in [4.69, 9.17) is 11.0 Å². The topological polar surface area (TPSA) is 102 Å². The molecule has 0 unspecified atom stereocenters. The number of thiazole rings is 1. The van der Waals surface area contributed by atoms with Crippen LogP contribution >= 0.6 is 11.3 Å². The molecule has 0 saturated heterocycles. The number of likely N-dealkylation sites (N-methyl/N-ethyl adjacent to an activating group) is 2. The third kappa shape index (κ3) is 5.17. The number of nitrogens with zero attached hydrogens (tertiary/aromatic N) is 4. The first-order valence-electron chi connectivity index (χ1n) is 10.1. The van der Waals surface area contributed by atoms with Crippen molar-refractivity contribution in [3.8, 4) is 6.07 Å². The van der Waals surface area contributed by atoms with E-state index in [9.17, 15) is 4.79 Å². The summed E-state index contributed by atoms with van der Waals surface area (Å²) in [5.74, 6) is -0.416. The van der Waals surface area contributed by atoms with Crippen molar-refractivity contribution in [1.82, 2.24) is 14.9 Å². The van der Waals surface area contributed by atoms with Gasteiger partial charge in [-0.05, 0) is 63.5 Å². The number of fused-ring (bicyclic) bond motifs is 1. The van der Waals surface area contributed by atoms with Gasteiger partial charge in [-0.2, -0.15) is 5.26 Å². The number of carbonyl (C=O) groups is 1. The van der Waals surface area contributed by atoms with Crippen molar-refractivity contribution in [3.63, 3.8) is 0 Å². The van der Waals surface area contributed by atoms with Crippen LogP contribution in [0.4, 0.5) is 5.13 Å². The standard InChI is InChI=1S/C22H28N6OS/c1-15-20(21(24)29)30-22(26-15)28(3)11-10-27(2)9-5-4-6-17-14-25-19-8-7-16(13-23)12-18(17)19/h7-8,12,14,25H,4-6,9-11H2,1-3H3,(H2,24,29). The summed E-state index contributed by atoms with van der Waals surface area (Å²) in [6, 6.07) is 7.99. The molecular formula is C22H28N6OS. The van der Waals surface area contributed by atoms with Gasteiger partial charge < -0.3 is 20.5 Å². The van der Waals surface area contributed by atoms with Crippen molar-refractivity contribution in [3.05, 3.63) is 46.1 Å². The minimum atomic E-state index is -0.416. The zero-order valence-electron chi connectivity index (χ0n) is 17.7. The second-order valence-electron chi connectivity index (χ2n) is 7.64. The van der Waals surface area contributed by atoms with E-state index in [-0.39, 0.29) is 0 Å². The number of hydrogen-bond acceptors (Lipinski definition) is 6. The lowest BCUT2D eigenvalue weighted by Gasteiger charge is -2.21. The molecule has 8 heteroatoms. The lowest BCUT2D eigenvalue weighted by molar-refractivity contribution is 0.100. The molecule has 0 aliphatic carbocycles. The van der Waals surface area contributed by atoms with E-state index in [1.807, 2.05) is 32.2 Å². The molecular weight excluding hydrogens is 396 g/mol. The van der Waals surface area contributed by atoms with Crippen LogP contribution in [-0.2, 0) is 6.42 Å². The number of carbonyl (C=O) groups excluding carboxylic acids is 1. The number of anilines is 1. The Morgan fingerprint density at radius 1 is 1.27 bits per heavy atom. The second-order valence-corrected chi connectivity index (χ2v) is 8.62. The highest BCUT2D eigenvalue weighted by molar-refractivity contribution is 7.17. The van der Waals surface area contributed by atoms with Gasteiger partial charge in [0.1, 0.15) is 4.88 Å². The van der Waals surface area contributed by atoms with Gasteiger partial charge in [0, 0.05) is 37.2 Å². The van der Waals surface area contributed by atoms with E-state index in [0.29, 0.717) is 16.1 Å². The normalized spacial score (nSPS) is 11.2.